The standard InChI is InChI=1S/C13H18ClNO/c1-11-4-2-5-12-6-3-7-15(9(16)8-11)13(11,12)10(12)14/h10H,2-8H2,1H3/t10?,11-,12+,13+/m1/s1. The molecule has 0 N–H and O–H groups in total. The number of halogens is 1. The van der Waals surface area contributed by atoms with Crippen molar-refractivity contribution in [3.05, 3.63) is 0 Å². The average Bonchev–Trinajstić information content (AvgIpc) is 2.72. The molecule has 4 rings (SSSR count). The Labute approximate surface area is 101 Å². The second kappa shape index (κ2) is 2.45. The van der Waals surface area contributed by atoms with Gasteiger partial charge in [0.25, 0.3) is 0 Å². The van der Waals surface area contributed by atoms with Gasteiger partial charge >= 0.3 is 0 Å². The summed E-state index contributed by atoms with van der Waals surface area (Å²) >= 11 is 6.70. The van der Waals surface area contributed by atoms with Gasteiger partial charge in [-0.2, -0.15) is 0 Å². The first-order valence-corrected chi connectivity index (χ1v) is 6.97. The summed E-state index contributed by atoms with van der Waals surface area (Å²) in [7, 11) is 0. The Hall–Kier alpha value is -0.240. The molecule has 2 aliphatic heterocycles. The van der Waals surface area contributed by atoms with Gasteiger partial charge in [0, 0.05) is 23.8 Å². The van der Waals surface area contributed by atoms with Gasteiger partial charge in [-0.15, -0.1) is 11.6 Å². The Kier molecular flexibility index (Phi) is 1.50. The summed E-state index contributed by atoms with van der Waals surface area (Å²) in [5.41, 5.74) is 0.538. The van der Waals surface area contributed by atoms with E-state index in [1.165, 1.54) is 25.7 Å². The van der Waals surface area contributed by atoms with E-state index in [1.807, 2.05) is 0 Å². The molecule has 0 radical (unpaired) electrons. The zero-order chi connectivity index (χ0) is 11.2. The fourth-order valence-electron chi connectivity index (χ4n) is 5.61. The van der Waals surface area contributed by atoms with Gasteiger partial charge in [-0.3, -0.25) is 4.79 Å². The van der Waals surface area contributed by atoms with Crippen LogP contribution in [0.2, 0.25) is 0 Å². The summed E-state index contributed by atoms with van der Waals surface area (Å²) in [6.07, 6.45) is 6.87. The molecule has 4 fully saturated rings. The highest BCUT2D eigenvalue weighted by molar-refractivity contribution is 6.25. The molecule has 0 aromatic heterocycles. The molecule has 2 saturated carbocycles. The maximum Gasteiger partial charge on any atom is 0.223 e. The normalized spacial score (nSPS) is 58.2. The number of carbonyl (C=O) groups excluding carboxylic acids is 1. The number of hydrogen-bond donors (Lipinski definition) is 0. The van der Waals surface area contributed by atoms with Crippen molar-refractivity contribution in [2.24, 2.45) is 10.8 Å². The summed E-state index contributed by atoms with van der Waals surface area (Å²) < 4.78 is 0. The summed E-state index contributed by atoms with van der Waals surface area (Å²) in [5, 5.41) is 0.237. The number of hydrogen-bond acceptors (Lipinski definition) is 1. The Balaban J connectivity index is 1.93. The molecule has 4 aliphatic rings. The predicted octanol–water partition coefficient (Wildman–Crippen LogP) is 2.55. The third-order valence-corrected chi connectivity index (χ3v) is 6.81. The lowest BCUT2D eigenvalue weighted by molar-refractivity contribution is -0.131. The zero-order valence-corrected chi connectivity index (χ0v) is 10.5. The van der Waals surface area contributed by atoms with Crippen LogP contribution in [0.15, 0.2) is 0 Å². The molecule has 88 valence electrons. The number of alkyl halides is 1. The van der Waals surface area contributed by atoms with Crippen molar-refractivity contribution < 1.29 is 4.79 Å². The van der Waals surface area contributed by atoms with Crippen molar-refractivity contribution in [2.45, 2.75) is 56.4 Å². The van der Waals surface area contributed by atoms with Crippen molar-refractivity contribution in [3.8, 4) is 0 Å². The van der Waals surface area contributed by atoms with Crippen LogP contribution in [0.4, 0.5) is 0 Å². The Morgan fingerprint density at radius 2 is 2.06 bits per heavy atom. The second-order valence-electron chi connectivity index (χ2n) is 6.52. The molecule has 2 aliphatic carbocycles. The van der Waals surface area contributed by atoms with E-state index in [0.29, 0.717) is 11.3 Å². The number of nitrogens with zero attached hydrogens (tertiary/aromatic N) is 1. The van der Waals surface area contributed by atoms with Gasteiger partial charge in [0.05, 0.1) is 10.9 Å². The van der Waals surface area contributed by atoms with Crippen LogP contribution in [0.25, 0.3) is 0 Å². The summed E-state index contributed by atoms with van der Waals surface area (Å²) in [5.74, 6) is 0.372. The average molecular weight is 240 g/mol. The number of amides is 1. The number of carbonyl (C=O) groups is 1. The molecule has 0 aromatic rings. The minimum absolute atomic E-state index is 0.0646. The van der Waals surface area contributed by atoms with Crippen LogP contribution >= 0.6 is 11.6 Å². The predicted molar refractivity (Wildman–Crippen MR) is 62.3 cm³/mol. The number of rotatable bonds is 0. The van der Waals surface area contributed by atoms with Crippen LogP contribution in [0.3, 0.4) is 0 Å². The van der Waals surface area contributed by atoms with Crippen molar-refractivity contribution in [1.29, 1.82) is 0 Å². The van der Waals surface area contributed by atoms with Crippen LogP contribution < -0.4 is 0 Å². The molecule has 3 heteroatoms. The van der Waals surface area contributed by atoms with Crippen LogP contribution in [-0.4, -0.2) is 28.3 Å². The number of piperidine rings is 1. The first-order valence-electron chi connectivity index (χ1n) is 6.53. The minimum atomic E-state index is 0.0646. The first kappa shape index (κ1) is 9.76. The van der Waals surface area contributed by atoms with Crippen LogP contribution in [0.1, 0.15) is 45.4 Å². The quantitative estimate of drug-likeness (QED) is 0.595. The van der Waals surface area contributed by atoms with E-state index < -0.39 is 0 Å². The van der Waals surface area contributed by atoms with Gasteiger partial charge in [-0.05, 0) is 25.7 Å². The topological polar surface area (TPSA) is 20.3 Å². The molecule has 0 aromatic carbocycles. The first-order chi connectivity index (χ1) is 7.58. The van der Waals surface area contributed by atoms with Crippen molar-refractivity contribution in [3.63, 3.8) is 0 Å². The van der Waals surface area contributed by atoms with Crippen LogP contribution in [-0.2, 0) is 4.79 Å². The monoisotopic (exact) mass is 239 g/mol. The highest BCUT2D eigenvalue weighted by Crippen LogP contribution is 2.81. The van der Waals surface area contributed by atoms with Gasteiger partial charge < -0.3 is 4.90 Å². The molecular formula is C13H18ClNO. The van der Waals surface area contributed by atoms with E-state index in [2.05, 4.69) is 11.8 Å². The highest BCUT2D eigenvalue weighted by Gasteiger charge is 2.88. The Bertz CT molecular complexity index is 393. The van der Waals surface area contributed by atoms with Gasteiger partial charge in [0.15, 0.2) is 0 Å². The Morgan fingerprint density at radius 3 is 2.88 bits per heavy atom. The molecule has 16 heavy (non-hydrogen) atoms. The van der Waals surface area contributed by atoms with E-state index in [9.17, 15) is 4.79 Å². The van der Waals surface area contributed by atoms with Gasteiger partial charge in [-0.25, -0.2) is 0 Å². The van der Waals surface area contributed by atoms with Gasteiger partial charge in [0.2, 0.25) is 5.91 Å². The molecule has 2 nitrogen and oxygen atoms in total. The van der Waals surface area contributed by atoms with E-state index >= 15 is 0 Å². The van der Waals surface area contributed by atoms with E-state index in [-0.39, 0.29) is 16.3 Å². The molecule has 1 spiro atoms. The smallest absolute Gasteiger partial charge is 0.223 e. The van der Waals surface area contributed by atoms with Gasteiger partial charge in [0.1, 0.15) is 0 Å². The van der Waals surface area contributed by atoms with Crippen molar-refractivity contribution in [1.82, 2.24) is 4.90 Å². The zero-order valence-electron chi connectivity index (χ0n) is 9.76. The molecule has 2 saturated heterocycles. The fraction of sp³-hybridized carbons (Fsp3) is 0.923. The van der Waals surface area contributed by atoms with Crippen LogP contribution in [0.5, 0.6) is 0 Å². The van der Waals surface area contributed by atoms with Crippen molar-refractivity contribution in [2.75, 3.05) is 6.54 Å². The molecule has 4 atom stereocenters. The maximum absolute atomic E-state index is 12.2. The van der Waals surface area contributed by atoms with E-state index in [1.54, 1.807) is 0 Å². The molecular weight excluding hydrogens is 222 g/mol. The third kappa shape index (κ3) is 0.672. The highest BCUT2D eigenvalue weighted by atomic mass is 35.5. The molecule has 0 bridgehead atoms. The minimum Gasteiger partial charge on any atom is -0.334 e. The maximum atomic E-state index is 12.2. The van der Waals surface area contributed by atoms with Crippen molar-refractivity contribution >= 4 is 17.5 Å². The second-order valence-corrected chi connectivity index (χ2v) is 6.96. The Morgan fingerprint density at radius 1 is 1.31 bits per heavy atom. The molecule has 1 unspecified atom stereocenters. The fourth-order valence-corrected chi connectivity index (χ4v) is 6.53. The largest absolute Gasteiger partial charge is 0.334 e. The summed E-state index contributed by atoms with van der Waals surface area (Å²) in [6.45, 7) is 3.27. The summed E-state index contributed by atoms with van der Waals surface area (Å²) in [6, 6.07) is 0. The SMILES string of the molecule is C[C@@]12CCC[C@@]34CCCN(C(=O)C1)[C@@]23C4Cl. The lowest BCUT2D eigenvalue weighted by Crippen LogP contribution is -2.52. The third-order valence-electron chi connectivity index (χ3n) is 6.07. The van der Waals surface area contributed by atoms with Gasteiger partial charge in [-0.1, -0.05) is 13.3 Å². The summed E-state index contributed by atoms with van der Waals surface area (Å²) in [4.78, 5) is 14.4. The lowest BCUT2D eigenvalue weighted by Gasteiger charge is -2.46. The molecule has 2 heterocycles. The van der Waals surface area contributed by atoms with E-state index in [4.69, 9.17) is 11.6 Å². The van der Waals surface area contributed by atoms with Crippen LogP contribution in [0, 0.1) is 10.8 Å². The lowest BCUT2D eigenvalue weighted by atomic mass is 9.65. The molecule has 1 amide bonds. The van der Waals surface area contributed by atoms with E-state index in [0.717, 1.165) is 19.4 Å².